The Morgan fingerprint density at radius 1 is 1.47 bits per heavy atom. The molecule has 0 unspecified atom stereocenters. The highest BCUT2D eigenvalue weighted by molar-refractivity contribution is 5.95. The second-order valence-electron chi connectivity index (χ2n) is 3.16. The van der Waals surface area contributed by atoms with E-state index >= 15 is 0 Å². The molecule has 0 fully saturated rings. The average molecular weight is 248 g/mol. The Balaban J connectivity index is 2.90. The molecular weight excluding hydrogens is 237 g/mol. The first-order valence-electron chi connectivity index (χ1n) is 4.77. The van der Waals surface area contributed by atoms with Crippen LogP contribution >= 0.6 is 0 Å². The van der Waals surface area contributed by atoms with Gasteiger partial charge in [-0.15, -0.1) is 13.2 Å². The van der Waals surface area contributed by atoms with Crippen molar-refractivity contribution in [3.05, 3.63) is 23.8 Å². The molecule has 0 spiro atoms. The number of ether oxygens (including phenoxy) is 1. The normalized spacial score (nSPS) is 11.1. The summed E-state index contributed by atoms with van der Waals surface area (Å²) in [5.41, 5.74) is 5.29. The molecule has 0 aliphatic rings. The van der Waals surface area contributed by atoms with E-state index in [0.717, 1.165) is 12.1 Å². The van der Waals surface area contributed by atoms with Crippen molar-refractivity contribution in [2.24, 2.45) is 0 Å². The van der Waals surface area contributed by atoms with Crippen molar-refractivity contribution in [2.45, 2.75) is 13.3 Å². The third kappa shape index (κ3) is 3.86. The zero-order valence-corrected chi connectivity index (χ0v) is 8.97. The lowest BCUT2D eigenvalue weighted by Gasteiger charge is -2.11. The molecule has 0 heterocycles. The van der Waals surface area contributed by atoms with Crippen LogP contribution in [0.15, 0.2) is 18.2 Å². The van der Waals surface area contributed by atoms with Crippen LogP contribution in [0.25, 0.3) is 0 Å². The predicted molar refractivity (Wildman–Crippen MR) is 55.5 cm³/mol. The number of rotatable bonds is 3. The Kier molecular flexibility index (Phi) is 3.82. The highest BCUT2D eigenvalue weighted by atomic mass is 19.4. The van der Waals surface area contributed by atoms with Crippen LogP contribution in [-0.4, -0.2) is 18.8 Å². The second-order valence-corrected chi connectivity index (χ2v) is 3.16. The molecule has 17 heavy (non-hydrogen) atoms. The van der Waals surface area contributed by atoms with Gasteiger partial charge in [-0.25, -0.2) is 0 Å². The van der Waals surface area contributed by atoms with E-state index < -0.39 is 18.0 Å². The van der Waals surface area contributed by atoms with E-state index in [-0.39, 0.29) is 11.3 Å². The molecule has 0 aliphatic heterocycles. The number of amides is 1. The number of benzene rings is 1. The molecule has 0 bridgehead atoms. The van der Waals surface area contributed by atoms with Gasteiger partial charge in [0.1, 0.15) is 0 Å². The number of nitrogens with one attached hydrogen (secondary N) is 1. The van der Waals surface area contributed by atoms with Crippen LogP contribution < -0.4 is 15.8 Å². The van der Waals surface area contributed by atoms with Crippen LogP contribution in [0.1, 0.15) is 17.3 Å². The predicted octanol–water partition coefficient (Wildman–Crippen LogP) is 1.92. The number of hydrogen-bond donors (Lipinski definition) is 2. The van der Waals surface area contributed by atoms with Gasteiger partial charge >= 0.3 is 6.36 Å². The van der Waals surface area contributed by atoms with E-state index in [4.69, 9.17) is 5.73 Å². The molecule has 1 rings (SSSR count). The van der Waals surface area contributed by atoms with Gasteiger partial charge in [-0.2, -0.15) is 0 Å². The molecule has 0 aliphatic carbocycles. The summed E-state index contributed by atoms with van der Waals surface area (Å²) in [7, 11) is 0. The van der Waals surface area contributed by atoms with Crippen LogP contribution in [-0.2, 0) is 0 Å². The Hall–Kier alpha value is -1.92. The SMILES string of the molecule is CCNC(=O)c1ccc(OC(F)(F)F)c(N)c1. The van der Waals surface area contributed by atoms with E-state index in [0.29, 0.717) is 6.54 Å². The smallest absolute Gasteiger partial charge is 0.404 e. The summed E-state index contributed by atoms with van der Waals surface area (Å²) in [6.07, 6.45) is -4.80. The largest absolute Gasteiger partial charge is 0.573 e. The Morgan fingerprint density at radius 2 is 2.12 bits per heavy atom. The maximum absolute atomic E-state index is 11.9. The molecule has 1 aromatic rings. The first-order chi connectivity index (χ1) is 7.83. The summed E-state index contributed by atoms with van der Waals surface area (Å²) in [6, 6.07) is 3.35. The molecule has 7 heteroatoms. The van der Waals surface area contributed by atoms with Crippen LogP contribution in [0.4, 0.5) is 18.9 Å². The van der Waals surface area contributed by atoms with Gasteiger partial charge in [-0.05, 0) is 25.1 Å². The van der Waals surface area contributed by atoms with Crippen LogP contribution in [0.3, 0.4) is 0 Å². The van der Waals surface area contributed by atoms with Crippen LogP contribution in [0.5, 0.6) is 5.75 Å². The van der Waals surface area contributed by atoms with Gasteiger partial charge in [-0.1, -0.05) is 0 Å². The molecule has 4 nitrogen and oxygen atoms in total. The van der Waals surface area contributed by atoms with Crippen LogP contribution in [0.2, 0.25) is 0 Å². The van der Waals surface area contributed by atoms with Gasteiger partial charge < -0.3 is 15.8 Å². The van der Waals surface area contributed by atoms with Gasteiger partial charge in [-0.3, -0.25) is 4.79 Å². The molecule has 0 atom stereocenters. The number of nitrogens with two attached hydrogens (primary N) is 1. The number of anilines is 1. The highest BCUT2D eigenvalue weighted by Crippen LogP contribution is 2.28. The van der Waals surface area contributed by atoms with Crippen molar-refractivity contribution in [1.82, 2.24) is 5.32 Å². The van der Waals surface area contributed by atoms with E-state index in [9.17, 15) is 18.0 Å². The lowest BCUT2D eigenvalue weighted by molar-refractivity contribution is -0.274. The zero-order valence-electron chi connectivity index (χ0n) is 8.97. The quantitative estimate of drug-likeness (QED) is 0.803. The fourth-order valence-electron chi connectivity index (χ4n) is 1.17. The van der Waals surface area contributed by atoms with Crippen molar-refractivity contribution in [2.75, 3.05) is 12.3 Å². The molecule has 0 saturated carbocycles. The van der Waals surface area contributed by atoms with Crippen LogP contribution in [0, 0.1) is 0 Å². The molecular formula is C10H11F3N2O2. The van der Waals surface area contributed by atoms with E-state index in [1.807, 2.05) is 0 Å². The first kappa shape index (κ1) is 13.1. The molecule has 0 radical (unpaired) electrons. The van der Waals surface area contributed by atoms with Gasteiger partial charge in [0.2, 0.25) is 0 Å². The zero-order chi connectivity index (χ0) is 13.1. The second kappa shape index (κ2) is 4.94. The minimum absolute atomic E-state index is 0.180. The summed E-state index contributed by atoms with van der Waals surface area (Å²) in [5, 5.41) is 2.50. The number of halogens is 3. The minimum atomic E-state index is -4.80. The molecule has 0 aromatic heterocycles. The third-order valence-electron chi connectivity index (χ3n) is 1.83. The standard InChI is InChI=1S/C10H11F3N2O2/c1-2-15-9(16)6-3-4-8(7(14)5-6)17-10(11,12)13/h3-5H,2,14H2,1H3,(H,15,16). The molecule has 94 valence electrons. The number of carbonyl (C=O) groups excluding carboxylic acids is 1. The number of carbonyl (C=O) groups is 1. The fraction of sp³-hybridized carbons (Fsp3) is 0.300. The van der Waals surface area contributed by atoms with E-state index in [1.165, 1.54) is 6.07 Å². The molecule has 1 amide bonds. The Bertz CT molecular complexity index is 419. The highest BCUT2D eigenvalue weighted by Gasteiger charge is 2.32. The topological polar surface area (TPSA) is 64.3 Å². The van der Waals surface area contributed by atoms with E-state index in [2.05, 4.69) is 10.1 Å². The lowest BCUT2D eigenvalue weighted by Crippen LogP contribution is -2.23. The first-order valence-corrected chi connectivity index (χ1v) is 4.77. The summed E-state index contributed by atoms with van der Waals surface area (Å²) in [5.74, 6) is -0.927. The summed E-state index contributed by atoms with van der Waals surface area (Å²) >= 11 is 0. The molecule has 3 N–H and O–H groups in total. The number of nitrogen functional groups attached to an aromatic ring is 1. The average Bonchev–Trinajstić information content (AvgIpc) is 2.19. The van der Waals surface area contributed by atoms with Crippen molar-refractivity contribution in [3.63, 3.8) is 0 Å². The monoisotopic (exact) mass is 248 g/mol. The van der Waals surface area contributed by atoms with Crippen molar-refractivity contribution < 1.29 is 22.7 Å². The molecule has 1 aromatic carbocycles. The minimum Gasteiger partial charge on any atom is -0.404 e. The maximum atomic E-state index is 11.9. The van der Waals surface area contributed by atoms with Crippen molar-refractivity contribution >= 4 is 11.6 Å². The summed E-state index contributed by atoms with van der Waals surface area (Å²) in [4.78, 5) is 11.4. The third-order valence-corrected chi connectivity index (χ3v) is 1.83. The van der Waals surface area contributed by atoms with Gasteiger partial charge in [0.05, 0.1) is 5.69 Å². The maximum Gasteiger partial charge on any atom is 0.573 e. The van der Waals surface area contributed by atoms with Crippen molar-refractivity contribution in [3.8, 4) is 5.75 Å². The summed E-state index contributed by atoms with van der Waals surface area (Å²) in [6.45, 7) is 2.14. The fourth-order valence-corrected chi connectivity index (χ4v) is 1.17. The summed E-state index contributed by atoms with van der Waals surface area (Å²) < 4.78 is 39.5. The Morgan fingerprint density at radius 3 is 2.59 bits per heavy atom. The lowest BCUT2D eigenvalue weighted by atomic mass is 10.2. The number of alkyl halides is 3. The van der Waals surface area contributed by atoms with Gasteiger partial charge in [0, 0.05) is 12.1 Å². The number of hydrogen-bond acceptors (Lipinski definition) is 3. The van der Waals surface area contributed by atoms with Gasteiger partial charge in [0.15, 0.2) is 5.75 Å². The van der Waals surface area contributed by atoms with E-state index in [1.54, 1.807) is 6.92 Å². The Labute approximate surface area is 95.6 Å². The van der Waals surface area contributed by atoms with Crippen molar-refractivity contribution in [1.29, 1.82) is 0 Å². The molecule has 0 saturated heterocycles. The van der Waals surface area contributed by atoms with Gasteiger partial charge in [0.25, 0.3) is 5.91 Å².